The average Bonchev–Trinajstić information content (AvgIpc) is 3.66. The van der Waals surface area contributed by atoms with E-state index in [1.165, 1.54) is 23.9 Å². The lowest BCUT2D eigenvalue weighted by atomic mass is 10.1. The minimum absolute atomic E-state index is 0.131. The highest BCUT2D eigenvalue weighted by Crippen LogP contribution is 2.36. The van der Waals surface area contributed by atoms with E-state index in [0.29, 0.717) is 58.0 Å². The number of ether oxygens (including phenoxy) is 1. The Hall–Kier alpha value is -7.30. The van der Waals surface area contributed by atoms with Crippen molar-refractivity contribution in [2.24, 2.45) is 0 Å². The molecular formula is C45H44FN9O3. The van der Waals surface area contributed by atoms with Gasteiger partial charge in [-0.15, -0.1) is 0 Å². The summed E-state index contributed by atoms with van der Waals surface area (Å²) in [5.41, 5.74) is 6.87. The van der Waals surface area contributed by atoms with Gasteiger partial charge in [0.1, 0.15) is 41.2 Å². The van der Waals surface area contributed by atoms with Crippen LogP contribution >= 0.6 is 0 Å². The predicted octanol–water partition coefficient (Wildman–Crippen LogP) is 9.26. The molecule has 294 valence electrons. The summed E-state index contributed by atoms with van der Waals surface area (Å²) in [6.07, 6.45) is 6.25. The van der Waals surface area contributed by atoms with Gasteiger partial charge in [0.15, 0.2) is 0 Å². The second-order valence-corrected chi connectivity index (χ2v) is 13.7. The fraction of sp³-hybridized carbons (Fsp3) is 0.178. The highest BCUT2D eigenvalue weighted by atomic mass is 19.1. The zero-order valence-electron chi connectivity index (χ0n) is 32.8. The van der Waals surface area contributed by atoms with Crippen LogP contribution < -0.4 is 20.7 Å². The van der Waals surface area contributed by atoms with E-state index < -0.39 is 0 Å². The maximum absolute atomic E-state index is 13.7. The van der Waals surface area contributed by atoms with Crippen LogP contribution in [0.25, 0.3) is 33.2 Å². The van der Waals surface area contributed by atoms with Gasteiger partial charge in [0.2, 0.25) is 5.91 Å². The predicted molar refractivity (Wildman–Crippen MR) is 228 cm³/mol. The number of anilines is 4. The molecule has 0 fully saturated rings. The van der Waals surface area contributed by atoms with Gasteiger partial charge in [-0.2, -0.15) is 5.26 Å². The van der Waals surface area contributed by atoms with Gasteiger partial charge >= 0.3 is 0 Å². The number of H-pyrrole nitrogens is 1. The first-order chi connectivity index (χ1) is 28.0. The number of aromatic nitrogens is 4. The van der Waals surface area contributed by atoms with Crippen molar-refractivity contribution in [1.82, 2.24) is 24.8 Å². The number of pyridine rings is 1. The molecule has 0 aliphatic carbocycles. The smallest absolute Gasteiger partial charge is 0.248 e. The van der Waals surface area contributed by atoms with E-state index in [-0.39, 0.29) is 23.5 Å². The van der Waals surface area contributed by atoms with E-state index in [0.717, 1.165) is 28.1 Å². The third kappa shape index (κ3) is 9.92. The zero-order chi connectivity index (χ0) is 41.2. The molecule has 1 atom stereocenters. The number of nitrogens with one attached hydrogen (secondary N) is 4. The van der Waals surface area contributed by atoms with Crippen LogP contribution in [0.3, 0.4) is 0 Å². The molecule has 0 spiro atoms. The summed E-state index contributed by atoms with van der Waals surface area (Å²) in [4.78, 5) is 30.8. The number of aromatic amines is 1. The number of likely N-dealkylation sites (N-methyl/N-ethyl adjacent to an activating group) is 1. The number of benzene rings is 4. The highest BCUT2D eigenvalue weighted by molar-refractivity contribution is 6.05. The quantitative estimate of drug-likeness (QED) is 0.0756. The van der Waals surface area contributed by atoms with Gasteiger partial charge in [-0.1, -0.05) is 36.4 Å². The molecule has 0 aliphatic rings. The van der Waals surface area contributed by atoms with Gasteiger partial charge in [-0.05, 0) is 106 Å². The number of halogens is 1. The standard InChI is InChI=1S/C25H26FN5O2.C20H18N4O/c1-5-33-23-13-21-19(12-22(23)30-24(32)7-6-10-31(3)4)25(17(14-27)15-28-21)29-18-8-9-20(26)16(2)11-18;1-13(14-5-3-2-4-6-14)23-19-17-11-18(24-20(17)22-12-21-19)15-7-9-16(25)10-8-15/h6-9,11-13,15H,5,10H2,1-4H3,(H,28,29)(H,30,32);2-13,25H,1H3,(H2,21,22,23,24)/b7-6+;/t;13-/m.1/s1. The van der Waals surface area contributed by atoms with Crippen molar-refractivity contribution in [2.45, 2.75) is 26.8 Å². The van der Waals surface area contributed by atoms with Gasteiger partial charge in [0.05, 0.1) is 34.4 Å². The first-order valence-electron chi connectivity index (χ1n) is 18.6. The molecule has 3 aromatic heterocycles. The van der Waals surface area contributed by atoms with Crippen molar-refractivity contribution in [2.75, 3.05) is 43.2 Å². The Labute approximate surface area is 336 Å². The number of hydrogen-bond donors (Lipinski definition) is 5. The van der Waals surface area contributed by atoms with Crippen LogP contribution in [0, 0.1) is 24.1 Å². The number of phenols is 1. The topological polar surface area (TPSA) is 164 Å². The summed E-state index contributed by atoms with van der Waals surface area (Å²) in [6, 6.07) is 29.7. The van der Waals surface area contributed by atoms with Crippen molar-refractivity contribution in [3.8, 4) is 28.8 Å². The molecule has 3 heterocycles. The third-order valence-corrected chi connectivity index (χ3v) is 9.07. The molecule has 7 aromatic rings. The number of fused-ring (bicyclic) bond motifs is 2. The number of carbonyl (C=O) groups excluding carboxylic acids is 1. The van der Waals surface area contributed by atoms with Crippen molar-refractivity contribution < 1.29 is 19.0 Å². The van der Waals surface area contributed by atoms with Gasteiger partial charge < -0.3 is 35.7 Å². The fourth-order valence-electron chi connectivity index (χ4n) is 6.11. The van der Waals surface area contributed by atoms with Crippen LogP contribution in [0.5, 0.6) is 11.5 Å². The fourth-order valence-corrected chi connectivity index (χ4v) is 6.11. The first kappa shape index (κ1) is 40.4. The summed E-state index contributed by atoms with van der Waals surface area (Å²) >= 11 is 0. The largest absolute Gasteiger partial charge is 0.508 e. The van der Waals surface area contributed by atoms with E-state index in [2.05, 4.69) is 61.0 Å². The zero-order valence-corrected chi connectivity index (χ0v) is 32.8. The highest BCUT2D eigenvalue weighted by Gasteiger charge is 2.16. The first-order valence-corrected chi connectivity index (χ1v) is 18.6. The third-order valence-electron chi connectivity index (χ3n) is 9.07. The Morgan fingerprint density at radius 3 is 2.50 bits per heavy atom. The molecule has 13 heteroatoms. The summed E-state index contributed by atoms with van der Waals surface area (Å²) in [5, 5.41) is 30.2. The molecule has 0 aliphatic heterocycles. The maximum atomic E-state index is 13.7. The van der Waals surface area contributed by atoms with Crippen molar-refractivity contribution in [3.05, 3.63) is 138 Å². The van der Waals surface area contributed by atoms with Gasteiger partial charge in [0.25, 0.3) is 0 Å². The second kappa shape index (κ2) is 18.6. The number of nitriles is 1. The Bertz CT molecular complexity index is 2600. The molecule has 4 aromatic carbocycles. The number of rotatable bonds is 12. The summed E-state index contributed by atoms with van der Waals surface area (Å²) in [5.74, 6) is 0.904. The molecular weight excluding hydrogens is 734 g/mol. The molecule has 12 nitrogen and oxygen atoms in total. The maximum Gasteiger partial charge on any atom is 0.248 e. The SMILES string of the molecule is CCOc1cc2ncc(C#N)c(Nc3ccc(F)c(C)c3)c2cc1NC(=O)/C=C/CN(C)C.C[C@@H](Nc1ncnc2[nH]c(-c3ccc(O)cc3)cc12)c1ccccc1. The van der Waals surface area contributed by atoms with Gasteiger partial charge in [0, 0.05) is 47.7 Å². The van der Waals surface area contributed by atoms with Crippen LogP contribution in [0.1, 0.15) is 36.6 Å². The lowest BCUT2D eigenvalue weighted by Crippen LogP contribution is -2.13. The van der Waals surface area contributed by atoms with Crippen LogP contribution in [-0.2, 0) is 4.79 Å². The molecule has 58 heavy (non-hydrogen) atoms. The Kier molecular flexibility index (Phi) is 12.9. The number of hydrogen-bond acceptors (Lipinski definition) is 10. The van der Waals surface area contributed by atoms with E-state index >= 15 is 0 Å². The summed E-state index contributed by atoms with van der Waals surface area (Å²) < 4.78 is 19.4. The molecule has 0 saturated heterocycles. The minimum atomic E-state index is -0.311. The number of aromatic hydroxyl groups is 1. The van der Waals surface area contributed by atoms with Crippen LogP contribution in [0.4, 0.5) is 27.3 Å². The minimum Gasteiger partial charge on any atom is -0.508 e. The number of amides is 1. The van der Waals surface area contributed by atoms with Crippen LogP contribution in [0.15, 0.2) is 116 Å². The van der Waals surface area contributed by atoms with Crippen molar-refractivity contribution in [1.29, 1.82) is 5.26 Å². The summed E-state index contributed by atoms with van der Waals surface area (Å²) in [6.45, 7) is 6.66. The molecule has 5 N–H and O–H groups in total. The number of aryl methyl sites for hydroxylation is 1. The Morgan fingerprint density at radius 1 is 1.02 bits per heavy atom. The molecule has 0 saturated carbocycles. The molecule has 0 radical (unpaired) electrons. The van der Waals surface area contributed by atoms with E-state index in [4.69, 9.17) is 4.74 Å². The number of nitrogens with zero attached hydrogens (tertiary/aromatic N) is 5. The Balaban J connectivity index is 0.000000202. The number of phenolic OH excluding ortho intramolecular Hbond substituents is 1. The van der Waals surface area contributed by atoms with E-state index in [1.54, 1.807) is 55.7 Å². The van der Waals surface area contributed by atoms with Crippen LogP contribution in [0.2, 0.25) is 0 Å². The average molecular weight is 778 g/mol. The Morgan fingerprint density at radius 2 is 1.79 bits per heavy atom. The van der Waals surface area contributed by atoms with E-state index in [9.17, 15) is 19.6 Å². The summed E-state index contributed by atoms with van der Waals surface area (Å²) in [7, 11) is 3.82. The second-order valence-electron chi connectivity index (χ2n) is 13.7. The van der Waals surface area contributed by atoms with Crippen molar-refractivity contribution >= 4 is 50.7 Å². The van der Waals surface area contributed by atoms with Crippen LogP contribution in [-0.4, -0.2) is 63.1 Å². The van der Waals surface area contributed by atoms with E-state index in [1.807, 2.05) is 62.3 Å². The molecule has 7 rings (SSSR count). The van der Waals surface area contributed by atoms with Crippen molar-refractivity contribution in [3.63, 3.8) is 0 Å². The lowest BCUT2D eigenvalue weighted by molar-refractivity contribution is -0.111. The molecule has 0 unspecified atom stereocenters. The number of carbonyl (C=O) groups is 1. The lowest BCUT2D eigenvalue weighted by Gasteiger charge is -2.16. The normalized spacial score (nSPS) is 11.6. The monoisotopic (exact) mass is 777 g/mol. The molecule has 0 bridgehead atoms. The van der Waals surface area contributed by atoms with Gasteiger partial charge in [-0.25, -0.2) is 14.4 Å². The molecule has 1 amide bonds. The van der Waals surface area contributed by atoms with Gasteiger partial charge in [-0.3, -0.25) is 9.78 Å².